The van der Waals surface area contributed by atoms with Crippen molar-refractivity contribution in [1.29, 1.82) is 0 Å². The Bertz CT molecular complexity index is 670. The normalized spacial score (nSPS) is 13.2. The number of ether oxygens (including phenoxy) is 1. The Balaban J connectivity index is 1.91. The molecular formula is C20H24FNO2. The Labute approximate surface area is 142 Å². The minimum Gasteiger partial charge on any atom is -0.494 e. The number of carbonyl (C=O) groups is 1. The topological polar surface area (TPSA) is 38.3 Å². The Hall–Kier alpha value is -2.36. The van der Waals surface area contributed by atoms with Gasteiger partial charge in [-0.3, -0.25) is 4.79 Å². The van der Waals surface area contributed by atoms with E-state index < -0.39 is 0 Å². The molecule has 2 aromatic rings. The van der Waals surface area contributed by atoms with Crippen molar-refractivity contribution >= 4 is 5.91 Å². The first-order valence-corrected chi connectivity index (χ1v) is 8.27. The molecule has 2 unspecified atom stereocenters. The Morgan fingerprint density at radius 2 is 1.83 bits per heavy atom. The lowest BCUT2D eigenvalue weighted by Crippen LogP contribution is -2.27. The monoisotopic (exact) mass is 329 g/mol. The average Bonchev–Trinajstić information content (AvgIpc) is 2.55. The van der Waals surface area contributed by atoms with Gasteiger partial charge in [-0.05, 0) is 55.2 Å². The predicted octanol–water partition coefficient (Wildman–Crippen LogP) is 4.60. The number of carbonyl (C=O) groups excluding carboxylic acids is 1. The molecule has 1 N–H and O–H groups in total. The van der Waals surface area contributed by atoms with Crippen LogP contribution in [-0.4, -0.2) is 12.5 Å². The van der Waals surface area contributed by atoms with Gasteiger partial charge in [0.2, 0.25) is 5.91 Å². The van der Waals surface area contributed by atoms with E-state index in [4.69, 9.17) is 4.74 Å². The highest BCUT2D eigenvalue weighted by molar-refractivity contribution is 5.77. The van der Waals surface area contributed by atoms with E-state index in [0.29, 0.717) is 13.0 Å². The van der Waals surface area contributed by atoms with Crippen molar-refractivity contribution in [3.8, 4) is 5.75 Å². The fourth-order valence-corrected chi connectivity index (χ4v) is 2.61. The van der Waals surface area contributed by atoms with Crippen LogP contribution >= 0.6 is 0 Å². The summed E-state index contributed by atoms with van der Waals surface area (Å²) in [7, 11) is 0. The van der Waals surface area contributed by atoms with Crippen LogP contribution in [0.5, 0.6) is 5.75 Å². The van der Waals surface area contributed by atoms with Crippen LogP contribution < -0.4 is 10.1 Å². The van der Waals surface area contributed by atoms with Crippen LogP contribution in [-0.2, 0) is 4.79 Å². The molecule has 2 rings (SSSR count). The smallest absolute Gasteiger partial charge is 0.221 e. The van der Waals surface area contributed by atoms with Crippen LogP contribution in [0.1, 0.15) is 50.3 Å². The van der Waals surface area contributed by atoms with Crippen LogP contribution in [0.15, 0.2) is 48.5 Å². The van der Waals surface area contributed by atoms with Crippen molar-refractivity contribution < 1.29 is 13.9 Å². The first-order chi connectivity index (χ1) is 11.5. The summed E-state index contributed by atoms with van der Waals surface area (Å²) in [6, 6.07) is 14.0. The number of nitrogens with one attached hydrogen (secondary N) is 1. The standard InChI is InChI=1S/C20H24FNO2/c1-4-24-19-10-8-16(9-11-19)15(3)22-20(23)12-14(2)17-6-5-7-18(21)13-17/h5-11,13-15H,4,12H2,1-3H3,(H,22,23). The van der Waals surface area contributed by atoms with Crippen molar-refractivity contribution in [2.75, 3.05) is 6.61 Å². The van der Waals surface area contributed by atoms with Crippen molar-refractivity contribution in [1.82, 2.24) is 5.32 Å². The molecule has 0 spiro atoms. The molecule has 1 amide bonds. The highest BCUT2D eigenvalue weighted by Gasteiger charge is 2.14. The molecule has 0 heterocycles. The lowest BCUT2D eigenvalue weighted by Gasteiger charge is -2.17. The van der Waals surface area contributed by atoms with Gasteiger partial charge in [0.25, 0.3) is 0 Å². The summed E-state index contributed by atoms with van der Waals surface area (Å²) in [5.74, 6) is 0.461. The largest absolute Gasteiger partial charge is 0.494 e. The minimum atomic E-state index is -0.275. The molecule has 0 saturated carbocycles. The summed E-state index contributed by atoms with van der Waals surface area (Å²) < 4.78 is 18.7. The highest BCUT2D eigenvalue weighted by Crippen LogP contribution is 2.21. The molecule has 128 valence electrons. The molecule has 4 heteroatoms. The third kappa shape index (κ3) is 5.08. The lowest BCUT2D eigenvalue weighted by molar-refractivity contribution is -0.122. The molecule has 0 saturated heterocycles. The lowest BCUT2D eigenvalue weighted by atomic mass is 9.97. The van der Waals surface area contributed by atoms with Gasteiger partial charge in [-0.25, -0.2) is 4.39 Å². The Morgan fingerprint density at radius 3 is 2.46 bits per heavy atom. The zero-order valence-corrected chi connectivity index (χ0v) is 14.4. The number of halogens is 1. The fourth-order valence-electron chi connectivity index (χ4n) is 2.61. The molecule has 0 aliphatic heterocycles. The van der Waals surface area contributed by atoms with Crippen LogP contribution in [0.4, 0.5) is 4.39 Å². The zero-order valence-electron chi connectivity index (χ0n) is 14.4. The number of benzene rings is 2. The van der Waals surface area contributed by atoms with Gasteiger partial charge in [0.15, 0.2) is 0 Å². The molecule has 2 atom stereocenters. The third-order valence-electron chi connectivity index (χ3n) is 3.98. The highest BCUT2D eigenvalue weighted by atomic mass is 19.1. The first kappa shape index (κ1) is 18.0. The Morgan fingerprint density at radius 1 is 1.12 bits per heavy atom. The van der Waals surface area contributed by atoms with Crippen molar-refractivity contribution in [2.24, 2.45) is 0 Å². The third-order valence-corrected chi connectivity index (χ3v) is 3.98. The van der Waals surface area contributed by atoms with E-state index in [9.17, 15) is 9.18 Å². The van der Waals surface area contributed by atoms with Gasteiger partial charge in [0, 0.05) is 6.42 Å². The summed E-state index contributed by atoms with van der Waals surface area (Å²) in [6.07, 6.45) is 0.324. The maximum Gasteiger partial charge on any atom is 0.221 e. The van der Waals surface area contributed by atoms with E-state index >= 15 is 0 Å². The molecule has 0 fully saturated rings. The van der Waals surface area contributed by atoms with E-state index in [-0.39, 0.29) is 23.7 Å². The summed E-state index contributed by atoms with van der Waals surface area (Å²) in [4.78, 5) is 12.2. The molecule has 0 radical (unpaired) electrons. The van der Waals surface area contributed by atoms with Gasteiger partial charge >= 0.3 is 0 Å². The molecule has 0 aromatic heterocycles. The number of rotatable bonds is 7. The van der Waals surface area contributed by atoms with Crippen LogP contribution in [0, 0.1) is 5.82 Å². The number of hydrogen-bond acceptors (Lipinski definition) is 2. The molecule has 0 bridgehead atoms. The van der Waals surface area contributed by atoms with Crippen LogP contribution in [0.2, 0.25) is 0 Å². The second-order valence-corrected chi connectivity index (χ2v) is 5.95. The molecular weight excluding hydrogens is 305 g/mol. The summed E-state index contributed by atoms with van der Waals surface area (Å²) in [5.41, 5.74) is 1.85. The SMILES string of the molecule is CCOc1ccc(C(C)NC(=O)CC(C)c2cccc(F)c2)cc1. The summed E-state index contributed by atoms with van der Waals surface area (Å²) in [5, 5.41) is 2.99. The fraction of sp³-hybridized carbons (Fsp3) is 0.350. The van der Waals surface area contributed by atoms with E-state index in [0.717, 1.165) is 16.9 Å². The molecule has 3 nitrogen and oxygen atoms in total. The number of amides is 1. The average molecular weight is 329 g/mol. The van der Waals surface area contributed by atoms with Gasteiger partial charge in [0.1, 0.15) is 11.6 Å². The van der Waals surface area contributed by atoms with E-state index in [2.05, 4.69) is 5.32 Å². The predicted molar refractivity (Wildman–Crippen MR) is 93.6 cm³/mol. The van der Waals surface area contributed by atoms with Gasteiger partial charge in [0.05, 0.1) is 12.6 Å². The van der Waals surface area contributed by atoms with E-state index in [1.54, 1.807) is 6.07 Å². The maximum absolute atomic E-state index is 13.3. The summed E-state index contributed by atoms with van der Waals surface area (Å²) in [6.45, 7) is 6.44. The first-order valence-electron chi connectivity index (χ1n) is 8.27. The summed E-state index contributed by atoms with van der Waals surface area (Å²) >= 11 is 0. The Kier molecular flexibility index (Phi) is 6.36. The maximum atomic E-state index is 13.3. The zero-order chi connectivity index (χ0) is 17.5. The molecule has 2 aromatic carbocycles. The van der Waals surface area contributed by atoms with Gasteiger partial charge in [-0.15, -0.1) is 0 Å². The van der Waals surface area contributed by atoms with E-state index in [1.807, 2.05) is 51.1 Å². The second kappa shape index (κ2) is 8.48. The number of hydrogen-bond donors (Lipinski definition) is 1. The van der Waals surface area contributed by atoms with Gasteiger partial charge in [-0.2, -0.15) is 0 Å². The van der Waals surface area contributed by atoms with E-state index in [1.165, 1.54) is 12.1 Å². The van der Waals surface area contributed by atoms with Crippen molar-refractivity contribution in [2.45, 2.75) is 39.2 Å². The van der Waals surface area contributed by atoms with Gasteiger partial charge < -0.3 is 10.1 Å². The van der Waals surface area contributed by atoms with Crippen molar-refractivity contribution in [3.05, 3.63) is 65.5 Å². The van der Waals surface area contributed by atoms with Crippen molar-refractivity contribution in [3.63, 3.8) is 0 Å². The molecule has 0 aliphatic carbocycles. The second-order valence-electron chi connectivity index (χ2n) is 5.95. The molecule has 24 heavy (non-hydrogen) atoms. The van der Waals surface area contributed by atoms with Gasteiger partial charge in [-0.1, -0.05) is 31.2 Å². The van der Waals surface area contributed by atoms with Crippen LogP contribution in [0.3, 0.4) is 0 Å². The van der Waals surface area contributed by atoms with Crippen LogP contribution in [0.25, 0.3) is 0 Å². The minimum absolute atomic E-state index is 0.0340. The quantitative estimate of drug-likeness (QED) is 0.806. The molecule has 0 aliphatic rings.